The van der Waals surface area contributed by atoms with Gasteiger partial charge in [0.2, 0.25) is 0 Å². The number of benzene rings is 2. The van der Waals surface area contributed by atoms with Gasteiger partial charge in [-0.15, -0.1) is 11.8 Å². The van der Waals surface area contributed by atoms with E-state index < -0.39 is 16.6 Å². The molecule has 0 aliphatic heterocycles. The highest BCUT2D eigenvalue weighted by molar-refractivity contribution is 7.98. The number of carbonyl (C=O) groups is 1. The third-order valence-electron chi connectivity index (χ3n) is 2.69. The van der Waals surface area contributed by atoms with Crippen molar-refractivity contribution < 1.29 is 19.6 Å². The van der Waals surface area contributed by atoms with E-state index in [0.29, 0.717) is 5.75 Å². The SMILES string of the molecule is CSc1ccc(Oc2ccc(C(=O)O)c([N+](=O)[O-])c2)cc1. The third-order valence-corrected chi connectivity index (χ3v) is 3.44. The second-order valence-corrected chi connectivity index (χ2v) is 4.90. The Morgan fingerprint density at radius 3 is 2.33 bits per heavy atom. The highest BCUT2D eigenvalue weighted by Crippen LogP contribution is 2.29. The van der Waals surface area contributed by atoms with Crippen molar-refractivity contribution in [3.05, 3.63) is 58.1 Å². The van der Waals surface area contributed by atoms with Crippen LogP contribution in [0.3, 0.4) is 0 Å². The van der Waals surface area contributed by atoms with Crippen LogP contribution in [-0.2, 0) is 0 Å². The molecular formula is C14H11NO5S. The van der Waals surface area contributed by atoms with Crippen molar-refractivity contribution in [3.63, 3.8) is 0 Å². The van der Waals surface area contributed by atoms with E-state index in [2.05, 4.69) is 0 Å². The zero-order valence-corrected chi connectivity index (χ0v) is 11.8. The molecule has 2 aromatic rings. The number of carboxylic acid groups (broad SMARTS) is 1. The van der Waals surface area contributed by atoms with Crippen molar-refractivity contribution in [1.82, 2.24) is 0 Å². The number of rotatable bonds is 5. The largest absolute Gasteiger partial charge is 0.477 e. The minimum absolute atomic E-state index is 0.212. The summed E-state index contributed by atoms with van der Waals surface area (Å²) in [5.41, 5.74) is -0.870. The smallest absolute Gasteiger partial charge is 0.342 e. The van der Waals surface area contributed by atoms with Gasteiger partial charge in [0.05, 0.1) is 11.0 Å². The molecule has 7 heteroatoms. The highest BCUT2D eigenvalue weighted by Gasteiger charge is 2.20. The molecule has 0 aromatic heterocycles. The summed E-state index contributed by atoms with van der Waals surface area (Å²) >= 11 is 1.59. The molecule has 0 aliphatic rings. The van der Waals surface area contributed by atoms with Crippen molar-refractivity contribution in [2.24, 2.45) is 0 Å². The molecule has 6 nitrogen and oxygen atoms in total. The van der Waals surface area contributed by atoms with Crippen molar-refractivity contribution in [3.8, 4) is 11.5 Å². The maximum absolute atomic E-state index is 10.9. The average Bonchev–Trinajstić information content (AvgIpc) is 2.47. The monoisotopic (exact) mass is 305 g/mol. The van der Waals surface area contributed by atoms with E-state index in [1.165, 1.54) is 6.07 Å². The molecule has 0 heterocycles. The fourth-order valence-corrected chi connectivity index (χ4v) is 2.09. The van der Waals surface area contributed by atoms with Gasteiger partial charge in [-0.05, 0) is 42.7 Å². The summed E-state index contributed by atoms with van der Waals surface area (Å²) in [7, 11) is 0. The fraction of sp³-hybridized carbons (Fsp3) is 0.0714. The average molecular weight is 305 g/mol. The van der Waals surface area contributed by atoms with Crippen LogP contribution in [0.4, 0.5) is 5.69 Å². The van der Waals surface area contributed by atoms with Crippen LogP contribution in [0.25, 0.3) is 0 Å². The minimum atomic E-state index is -1.35. The van der Waals surface area contributed by atoms with Gasteiger partial charge in [-0.2, -0.15) is 0 Å². The highest BCUT2D eigenvalue weighted by atomic mass is 32.2. The number of thioether (sulfide) groups is 1. The zero-order valence-electron chi connectivity index (χ0n) is 11.0. The Morgan fingerprint density at radius 1 is 1.19 bits per heavy atom. The van der Waals surface area contributed by atoms with E-state index >= 15 is 0 Å². The number of nitrogens with zero attached hydrogens (tertiary/aromatic N) is 1. The summed E-state index contributed by atoms with van der Waals surface area (Å²) in [5.74, 6) is -0.619. The molecule has 0 unspecified atom stereocenters. The molecule has 0 saturated carbocycles. The lowest BCUT2D eigenvalue weighted by atomic mass is 10.2. The Bertz CT molecular complexity index is 684. The minimum Gasteiger partial charge on any atom is -0.477 e. The molecule has 0 spiro atoms. The topological polar surface area (TPSA) is 89.7 Å². The zero-order chi connectivity index (χ0) is 15.4. The van der Waals surface area contributed by atoms with Gasteiger partial charge in [0, 0.05) is 4.90 Å². The summed E-state index contributed by atoms with van der Waals surface area (Å²) in [6.45, 7) is 0. The summed E-state index contributed by atoms with van der Waals surface area (Å²) < 4.78 is 5.50. The van der Waals surface area contributed by atoms with Crippen LogP contribution >= 0.6 is 11.8 Å². The number of nitro benzene ring substituents is 1. The van der Waals surface area contributed by atoms with Crippen molar-refractivity contribution in [2.75, 3.05) is 6.26 Å². The van der Waals surface area contributed by atoms with Crippen LogP contribution in [0, 0.1) is 10.1 Å². The van der Waals surface area contributed by atoms with Gasteiger partial charge in [0.15, 0.2) is 0 Å². The molecule has 0 aliphatic carbocycles. The molecule has 2 rings (SSSR count). The molecule has 0 atom stereocenters. The molecule has 108 valence electrons. The lowest BCUT2D eigenvalue weighted by Gasteiger charge is -2.07. The predicted octanol–water partition coefficient (Wildman–Crippen LogP) is 3.81. The van der Waals surface area contributed by atoms with Gasteiger partial charge in [-0.25, -0.2) is 4.79 Å². The third kappa shape index (κ3) is 3.51. The Balaban J connectivity index is 2.29. The molecule has 0 fully saturated rings. The molecular weight excluding hydrogens is 294 g/mol. The number of ether oxygens (including phenoxy) is 1. The molecule has 0 radical (unpaired) electrons. The van der Waals surface area contributed by atoms with Crippen molar-refractivity contribution in [2.45, 2.75) is 4.90 Å². The van der Waals surface area contributed by atoms with Crippen LogP contribution < -0.4 is 4.74 Å². The molecule has 0 amide bonds. The summed E-state index contributed by atoms with van der Waals surface area (Å²) in [4.78, 5) is 22.1. The molecule has 2 aromatic carbocycles. The van der Waals surface area contributed by atoms with Crippen LogP contribution in [0.2, 0.25) is 0 Å². The maximum Gasteiger partial charge on any atom is 0.342 e. The molecule has 1 N–H and O–H groups in total. The van der Waals surface area contributed by atoms with E-state index in [-0.39, 0.29) is 11.3 Å². The number of hydrogen-bond donors (Lipinski definition) is 1. The van der Waals surface area contributed by atoms with E-state index in [4.69, 9.17) is 9.84 Å². The van der Waals surface area contributed by atoms with Gasteiger partial charge in [-0.1, -0.05) is 0 Å². The van der Waals surface area contributed by atoms with Gasteiger partial charge >= 0.3 is 5.97 Å². The molecule has 0 bridgehead atoms. The number of aromatic carboxylic acids is 1. The van der Waals surface area contributed by atoms with Gasteiger partial charge in [-0.3, -0.25) is 10.1 Å². The first-order valence-electron chi connectivity index (χ1n) is 5.85. The van der Waals surface area contributed by atoms with Crippen LogP contribution in [0.15, 0.2) is 47.4 Å². The van der Waals surface area contributed by atoms with Gasteiger partial charge < -0.3 is 9.84 Å². The Morgan fingerprint density at radius 2 is 1.81 bits per heavy atom. The fourth-order valence-electron chi connectivity index (χ4n) is 1.69. The van der Waals surface area contributed by atoms with E-state index in [1.54, 1.807) is 23.9 Å². The lowest BCUT2D eigenvalue weighted by Crippen LogP contribution is -2.02. The maximum atomic E-state index is 10.9. The van der Waals surface area contributed by atoms with E-state index in [1.807, 2.05) is 18.4 Å². The lowest BCUT2D eigenvalue weighted by molar-refractivity contribution is -0.385. The summed E-state index contributed by atoms with van der Waals surface area (Å²) in [5, 5.41) is 19.8. The normalized spacial score (nSPS) is 10.1. The first-order chi connectivity index (χ1) is 10.0. The van der Waals surface area contributed by atoms with E-state index in [9.17, 15) is 14.9 Å². The van der Waals surface area contributed by atoms with Crippen LogP contribution in [0.1, 0.15) is 10.4 Å². The first kappa shape index (κ1) is 14.9. The Labute approximate surface area is 124 Å². The molecule has 21 heavy (non-hydrogen) atoms. The van der Waals surface area contributed by atoms with E-state index in [0.717, 1.165) is 17.0 Å². The number of hydrogen-bond acceptors (Lipinski definition) is 5. The predicted molar refractivity (Wildman–Crippen MR) is 78.4 cm³/mol. The Kier molecular flexibility index (Phi) is 4.44. The van der Waals surface area contributed by atoms with Crippen molar-refractivity contribution >= 4 is 23.4 Å². The second-order valence-electron chi connectivity index (χ2n) is 4.02. The second kappa shape index (κ2) is 6.27. The van der Waals surface area contributed by atoms with Crippen LogP contribution in [0.5, 0.6) is 11.5 Å². The van der Waals surface area contributed by atoms with Gasteiger partial charge in [0.1, 0.15) is 17.1 Å². The standard InChI is InChI=1S/C14H11NO5S/c1-21-11-5-2-9(3-6-11)20-10-4-7-12(14(16)17)13(8-10)15(18)19/h2-8H,1H3,(H,16,17). The quantitative estimate of drug-likeness (QED) is 0.513. The first-order valence-corrected chi connectivity index (χ1v) is 7.07. The van der Waals surface area contributed by atoms with Crippen molar-refractivity contribution in [1.29, 1.82) is 0 Å². The van der Waals surface area contributed by atoms with Crippen LogP contribution in [-0.4, -0.2) is 22.3 Å². The summed E-state index contributed by atoms with van der Waals surface area (Å²) in [6, 6.07) is 10.8. The molecule has 0 saturated heterocycles. The number of carboxylic acids is 1. The summed E-state index contributed by atoms with van der Waals surface area (Å²) in [6.07, 6.45) is 1.95. The number of nitro groups is 1. The Hall–Kier alpha value is -2.54. The van der Waals surface area contributed by atoms with Gasteiger partial charge in [0.25, 0.3) is 5.69 Å².